The lowest BCUT2D eigenvalue weighted by Crippen LogP contribution is -2.35. The summed E-state index contributed by atoms with van der Waals surface area (Å²) < 4.78 is 25.9. The Balaban J connectivity index is 1.92. The van der Waals surface area contributed by atoms with Crippen molar-refractivity contribution in [3.63, 3.8) is 0 Å². The van der Waals surface area contributed by atoms with Gasteiger partial charge in [-0.3, -0.25) is 0 Å². The SMILES string of the molecule is CNC1CCN(S(=O)(=O)CCc2ccccc2)C1. The molecule has 0 saturated carbocycles. The van der Waals surface area contributed by atoms with Crippen LogP contribution in [0.4, 0.5) is 0 Å². The van der Waals surface area contributed by atoms with Crippen molar-refractivity contribution in [3.8, 4) is 0 Å². The number of benzene rings is 1. The molecular formula is C13H20N2O2S. The molecule has 1 aromatic carbocycles. The fraction of sp³-hybridized carbons (Fsp3) is 0.538. The van der Waals surface area contributed by atoms with Crippen LogP contribution in [0.1, 0.15) is 12.0 Å². The highest BCUT2D eigenvalue weighted by Crippen LogP contribution is 2.15. The predicted octanol–water partition coefficient (Wildman–Crippen LogP) is 0.853. The quantitative estimate of drug-likeness (QED) is 0.861. The first-order valence-corrected chi connectivity index (χ1v) is 7.92. The van der Waals surface area contributed by atoms with Crippen molar-refractivity contribution in [1.82, 2.24) is 9.62 Å². The molecule has 4 nitrogen and oxygen atoms in total. The van der Waals surface area contributed by atoms with E-state index in [4.69, 9.17) is 0 Å². The van der Waals surface area contributed by atoms with Gasteiger partial charge in [0.2, 0.25) is 10.0 Å². The predicted molar refractivity (Wildman–Crippen MR) is 73.0 cm³/mol. The van der Waals surface area contributed by atoms with Gasteiger partial charge in [-0.2, -0.15) is 0 Å². The molecule has 0 aliphatic carbocycles. The third-order valence-corrected chi connectivity index (χ3v) is 5.28. The third kappa shape index (κ3) is 3.31. The molecule has 1 fully saturated rings. The second kappa shape index (κ2) is 5.82. The van der Waals surface area contributed by atoms with Gasteiger partial charge in [-0.05, 0) is 25.5 Å². The van der Waals surface area contributed by atoms with Crippen molar-refractivity contribution in [1.29, 1.82) is 0 Å². The van der Waals surface area contributed by atoms with E-state index < -0.39 is 10.0 Å². The molecule has 0 amide bonds. The summed E-state index contributed by atoms with van der Waals surface area (Å²) in [6, 6.07) is 10.1. The smallest absolute Gasteiger partial charge is 0.214 e. The van der Waals surface area contributed by atoms with Gasteiger partial charge >= 0.3 is 0 Å². The minimum atomic E-state index is -3.11. The van der Waals surface area contributed by atoms with Crippen LogP contribution in [0.25, 0.3) is 0 Å². The molecule has 1 aliphatic rings. The van der Waals surface area contributed by atoms with Gasteiger partial charge in [0.1, 0.15) is 0 Å². The maximum atomic E-state index is 12.2. The first-order chi connectivity index (χ1) is 8.62. The average Bonchev–Trinajstić information content (AvgIpc) is 2.87. The van der Waals surface area contributed by atoms with Gasteiger partial charge in [-0.1, -0.05) is 30.3 Å². The molecule has 1 N–H and O–H groups in total. The first-order valence-electron chi connectivity index (χ1n) is 6.31. The Bertz CT molecular complexity index is 473. The Morgan fingerprint density at radius 3 is 2.67 bits per heavy atom. The van der Waals surface area contributed by atoms with Crippen molar-refractivity contribution < 1.29 is 8.42 Å². The molecule has 1 heterocycles. The molecule has 1 saturated heterocycles. The zero-order chi connectivity index (χ0) is 13.0. The summed E-state index contributed by atoms with van der Waals surface area (Å²) in [6.45, 7) is 1.25. The van der Waals surface area contributed by atoms with E-state index in [0.29, 0.717) is 25.6 Å². The highest BCUT2D eigenvalue weighted by molar-refractivity contribution is 7.89. The number of hydrogen-bond donors (Lipinski definition) is 1. The van der Waals surface area contributed by atoms with Gasteiger partial charge in [0.15, 0.2) is 0 Å². The number of hydrogen-bond acceptors (Lipinski definition) is 3. The van der Waals surface area contributed by atoms with E-state index in [1.54, 1.807) is 4.31 Å². The topological polar surface area (TPSA) is 49.4 Å². The van der Waals surface area contributed by atoms with E-state index in [1.165, 1.54) is 0 Å². The number of sulfonamides is 1. The number of rotatable bonds is 5. The van der Waals surface area contributed by atoms with E-state index in [9.17, 15) is 8.42 Å². The van der Waals surface area contributed by atoms with E-state index in [-0.39, 0.29) is 5.75 Å². The Morgan fingerprint density at radius 2 is 2.06 bits per heavy atom. The van der Waals surface area contributed by atoms with Gasteiger partial charge in [0.25, 0.3) is 0 Å². The number of nitrogens with zero attached hydrogens (tertiary/aromatic N) is 1. The van der Waals surface area contributed by atoms with Crippen molar-refractivity contribution in [2.45, 2.75) is 18.9 Å². The Kier molecular flexibility index (Phi) is 4.37. The van der Waals surface area contributed by atoms with Crippen LogP contribution in [0.15, 0.2) is 30.3 Å². The normalized spacial score (nSPS) is 21.3. The zero-order valence-electron chi connectivity index (χ0n) is 10.7. The van der Waals surface area contributed by atoms with Crippen LogP contribution in [0, 0.1) is 0 Å². The van der Waals surface area contributed by atoms with Gasteiger partial charge in [0, 0.05) is 19.1 Å². The van der Waals surface area contributed by atoms with Crippen LogP contribution in [-0.2, 0) is 16.4 Å². The Morgan fingerprint density at radius 1 is 1.33 bits per heavy atom. The fourth-order valence-corrected chi connectivity index (χ4v) is 3.78. The summed E-state index contributed by atoms with van der Waals surface area (Å²) in [6.07, 6.45) is 1.49. The lowest BCUT2D eigenvalue weighted by molar-refractivity contribution is 0.464. The van der Waals surface area contributed by atoms with Gasteiger partial charge in [-0.15, -0.1) is 0 Å². The van der Waals surface area contributed by atoms with Crippen LogP contribution in [0.5, 0.6) is 0 Å². The van der Waals surface area contributed by atoms with Gasteiger partial charge in [0.05, 0.1) is 5.75 Å². The Hall–Kier alpha value is -0.910. The molecule has 0 spiro atoms. The lowest BCUT2D eigenvalue weighted by Gasteiger charge is -2.16. The summed E-state index contributed by atoms with van der Waals surface area (Å²) in [5.41, 5.74) is 1.07. The fourth-order valence-electron chi connectivity index (χ4n) is 2.24. The molecule has 1 aliphatic heterocycles. The third-order valence-electron chi connectivity index (χ3n) is 3.44. The second-order valence-electron chi connectivity index (χ2n) is 4.68. The molecule has 5 heteroatoms. The van der Waals surface area contributed by atoms with Crippen molar-refractivity contribution >= 4 is 10.0 Å². The van der Waals surface area contributed by atoms with Crippen LogP contribution in [0.3, 0.4) is 0 Å². The summed E-state index contributed by atoms with van der Waals surface area (Å²) in [7, 11) is -1.23. The summed E-state index contributed by atoms with van der Waals surface area (Å²) >= 11 is 0. The van der Waals surface area contributed by atoms with E-state index in [2.05, 4.69) is 5.32 Å². The molecular weight excluding hydrogens is 248 g/mol. The minimum absolute atomic E-state index is 0.202. The molecule has 1 aromatic rings. The number of likely N-dealkylation sites (N-methyl/N-ethyl adjacent to an activating group) is 1. The van der Waals surface area contributed by atoms with Crippen molar-refractivity contribution in [3.05, 3.63) is 35.9 Å². The van der Waals surface area contributed by atoms with Gasteiger partial charge in [-0.25, -0.2) is 12.7 Å². The van der Waals surface area contributed by atoms with E-state index in [0.717, 1.165) is 12.0 Å². The van der Waals surface area contributed by atoms with Crippen LogP contribution in [-0.4, -0.2) is 44.7 Å². The van der Waals surface area contributed by atoms with E-state index >= 15 is 0 Å². The molecule has 18 heavy (non-hydrogen) atoms. The highest BCUT2D eigenvalue weighted by atomic mass is 32.2. The zero-order valence-corrected chi connectivity index (χ0v) is 11.5. The van der Waals surface area contributed by atoms with Gasteiger partial charge < -0.3 is 5.32 Å². The van der Waals surface area contributed by atoms with Crippen LogP contribution in [0.2, 0.25) is 0 Å². The second-order valence-corrected chi connectivity index (χ2v) is 6.77. The lowest BCUT2D eigenvalue weighted by atomic mass is 10.2. The van der Waals surface area contributed by atoms with Crippen LogP contribution >= 0.6 is 0 Å². The first kappa shape index (κ1) is 13.5. The molecule has 0 bridgehead atoms. The average molecular weight is 268 g/mol. The summed E-state index contributed by atoms with van der Waals surface area (Å²) in [5.74, 6) is 0.202. The highest BCUT2D eigenvalue weighted by Gasteiger charge is 2.29. The van der Waals surface area contributed by atoms with Crippen molar-refractivity contribution in [2.75, 3.05) is 25.9 Å². The standard InChI is InChI=1S/C13H20N2O2S/c1-14-13-7-9-15(11-13)18(16,17)10-8-12-5-3-2-4-6-12/h2-6,13-14H,7-11H2,1H3. The van der Waals surface area contributed by atoms with Crippen LogP contribution < -0.4 is 5.32 Å². The monoisotopic (exact) mass is 268 g/mol. The summed E-state index contributed by atoms with van der Waals surface area (Å²) in [5, 5.41) is 3.13. The Labute approximate surface area is 109 Å². The maximum Gasteiger partial charge on any atom is 0.214 e. The molecule has 0 aromatic heterocycles. The minimum Gasteiger partial charge on any atom is -0.316 e. The molecule has 2 rings (SSSR count). The molecule has 1 unspecified atom stereocenters. The number of nitrogens with one attached hydrogen (secondary N) is 1. The summed E-state index contributed by atoms with van der Waals surface area (Å²) in [4.78, 5) is 0. The molecule has 100 valence electrons. The number of aryl methyl sites for hydroxylation is 1. The largest absolute Gasteiger partial charge is 0.316 e. The van der Waals surface area contributed by atoms with Crippen molar-refractivity contribution in [2.24, 2.45) is 0 Å². The molecule has 1 atom stereocenters. The molecule has 0 radical (unpaired) electrons. The van der Waals surface area contributed by atoms with E-state index in [1.807, 2.05) is 37.4 Å². The maximum absolute atomic E-state index is 12.2.